The van der Waals surface area contributed by atoms with Crippen molar-refractivity contribution in [1.82, 2.24) is 5.32 Å². The second-order valence-corrected chi connectivity index (χ2v) is 9.25. The van der Waals surface area contributed by atoms with Crippen LogP contribution >= 0.6 is 12.4 Å². The van der Waals surface area contributed by atoms with Crippen molar-refractivity contribution in [1.29, 1.82) is 0 Å². The van der Waals surface area contributed by atoms with Gasteiger partial charge in [-0.1, -0.05) is 42.5 Å². The third-order valence-electron chi connectivity index (χ3n) is 6.48. The lowest BCUT2D eigenvalue weighted by atomic mass is 10.0. The molecule has 3 aromatic carbocycles. The Hall–Kier alpha value is -2.89. The van der Waals surface area contributed by atoms with Gasteiger partial charge in [-0.05, 0) is 92.9 Å². The van der Waals surface area contributed by atoms with E-state index >= 15 is 0 Å². The normalized spacial score (nSPS) is 14.1. The van der Waals surface area contributed by atoms with Crippen LogP contribution < -0.4 is 24.3 Å². The number of benzene rings is 3. The molecule has 0 radical (unpaired) electrons. The van der Waals surface area contributed by atoms with Gasteiger partial charge in [0.15, 0.2) is 11.5 Å². The molecule has 1 aliphatic heterocycles. The molecule has 0 saturated heterocycles. The summed E-state index contributed by atoms with van der Waals surface area (Å²) in [5.74, 6) is 3.62. The summed E-state index contributed by atoms with van der Waals surface area (Å²) in [4.78, 5) is 0. The summed E-state index contributed by atoms with van der Waals surface area (Å²) in [7, 11) is 1.70. The molecule has 0 fully saturated rings. The van der Waals surface area contributed by atoms with Gasteiger partial charge in [-0.3, -0.25) is 0 Å². The summed E-state index contributed by atoms with van der Waals surface area (Å²) in [5.41, 5.74) is 2.60. The number of rotatable bonds is 15. The number of para-hydroxylation sites is 2. The highest BCUT2D eigenvalue weighted by atomic mass is 35.5. The first kappa shape index (κ1) is 28.7. The molecule has 37 heavy (non-hydrogen) atoms. The zero-order valence-corrected chi connectivity index (χ0v) is 22.6. The van der Waals surface area contributed by atoms with E-state index in [4.69, 9.17) is 18.9 Å². The molecule has 1 unspecified atom stereocenters. The van der Waals surface area contributed by atoms with E-state index < -0.39 is 0 Å². The van der Waals surface area contributed by atoms with Crippen LogP contribution in [0.4, 0.5) is 0 Å². The van der Waals surface area contributed by atoms with Crippen molar-refractivity contribution in [3.05, 3.63) is 83.9 Å². The summed E-state index contributed by atoms with van der Waals surface area (Å²) < 4.78 is 23.3. The van der Waals surface area contributed by atoms with Crippen LogP contribution in [0, 0.1) is 0 Å². The molecule has 5 nitrogen and oxygen atoms in total. The van der Waals surface area contributed by atoms with Crippen molar-refractivity contribution < 1.29 is 18.9 Å². The molecule has 0 aromatic heterocycles. The molecule has 1 atom stereocenters. The molecule has 6 heteroatoms. The number of fused-ring (bicyclic) bond motifs is 1. The fourth-order valence-electron chi connectivity index (χ4n) is 4.43. The van der Waals surface area contributed by atoms with Crippen molar-refractivity contribution in [2.24, 2.45) is 0 Å². The quantitative estimate of drug-likeness (QED) is 0.225. The predicted molar refractivity (Wildman–Crippen MR) is 152 cm³/mol. The van der Waals surface area contributed by atoms with Gasteiger partial charge in [0, 0.05) is 6.54 Å². The molecule has 1 aliphatic rings. The molecule has 0 aliphatic carbocycles. The summed E-state index contributed by atoms with van der Waals surface area (Å²) >= 11 is 0. The Bertz CT molecular complexity index is 1010. The number of aryl methyl sites for hydroxylation is 2. The highest BCUT2D eigenvalue weighted by molar-refractivity contribution is 5.85. The van der Waals surface area contributed by atoms with Gasteiger partial charge in [-0.2, -0.15) is 0 Å². The molecule has 200 valence electrons. The van der Waals surface area contributed by atoms with Crippen LogP contribution in [0.25, 0.3) is 0 Å². The van der Waals surface area contributed by atoms with Crippen LogP contribution in [0.1, 0.15) is 43.2 Å². The Balaban J connectivity index is 0.00000380. The average Bonchev–Trinajstić information content (AvgIpc) is 2.93. The van der Waals surface area contributed by atoms with Crippen LogP contribution in [0.3, 0.4) is 0 Å². The first-order chi connectivity index (χ1) is 17.8. The largest absolute Gasteiger partial charge is 0.494 e. The minimum Gasteiger partial charge on any atom is -0.494 e. The molecule has 1 heterocycles. The van der Waals surface area contributed by atoms with Gasteiger partial charge >= 0.3 is 0 Å². The third kappa shape index (κ3) is 9.49. The predicted octanol–water partition coefficient (Wildman–Crippen LogP) is 6.66. The second kappa shape index (κ2) is 16.1. The topological polar surface area (TPSA) is 49.0 Å². The molecule has 1 N–H and O–H groups in total. The van der Waals surface area contributed by atoms with Crippen LogP contribution in [-0.2, 0) is 12.8 Å². The minimum absolute atomic E-state index is 0. The lowest BCUT2D eigenvalue weighted by molar-refractivity contribution is 0.163. The van der Waals surface area contributed by atoms with Gasteiger partial charge in [-0.25, -0.2) is 0 Å². The standard InChI is InChI=1S/C31H39NO4.ClH/c1-33-30-14-9-11-26-17-20-29(36-31(26)30)24-32-21-6-5-10-25-15-18-28(19-16-25)35-23-8-7-22-34-27-12-3-2-4-13-27;/h2-4,9,11-16,18-19,29,32H,5-8,10,17,20-24H2,1H3;1H. The molecule has 0 amide bonds. The van der Waals surface area contributed by atoms with Gasteiger partial charge in [0.2, 0.25) is 0 Å². The van der Waals surface area contributed by atoms with Crippen molar-refractivity contribution in [3.8, 4) is 23.0 Å². The van der Waals surface area contributed by atoms with E-state index in [9.17, 15) is 0 Å². The number of hydrogen-bond acceptors (Lipinski definition) is 5. The summed E-state index contributed by atoms with van der Waals surface area (Å²) in [6.07, 6.45) is 7.65. The fourth-order valence-corrected chi connectivity index (χ4v) is 4.43. The van der Waals surface area contributed by atoms with Crippen molar-refractivity contribution >= 4 is 12.4 Å². The summed E-state index contributed by atoms with van der Waals surface area (Å²) in [6.45, 7) is 3.32. The lowest BCUT2D eigenvalue weighted by Crippen LogP contribution is -2.34. The van der Waals surface area contributed by atoms with E-state index in [0.717, 1.165) is 87.6 Å². The van der Waals surface area contributed by atoms with Gasteiger partial charge in [0.05, 0.1) is 20.3 Å². The Labute approximate surface area is 227 Å². The Morgan fingerprint density at radius 2 is 1.54 bits per heavy atom. The van der Waals surface area contributed by atoms with E-state index in [-0.39, 0.29) is 18.5 Å². The first-order valence-electron chi connectivity index (χ1n) is 13.2. The number of ether oxygens (including phenoxy) is 4. The lowest BCUT2D eigenvalue weighted by Gasteiger charge is -2.27. The minimum atomic E-state index is 0. The highest BCUT2D eigenvalue weighted by Crippen LogP contribution is 2.36. The number of methoxy groups -OCH3 is 1. The van der Waals surface area contributed by atoms with Crippen LogP contribution in [0.5, 0.6) is 23.0 Å². The number of halogens is 1. The zero-order valence-electron chi connectivity index (χ0n) is 21.8. The van der Waals surface area contributed by atoms with Crippen molar-refractivity contribution in [2.75, 3.05) is 33.4 Å². The molecule has 3 aromatic rings. The Morgan fingerprint density at radius 3 is 2.27 bits per heavy atom. The van der Waals surface area contributed by atoms with Gasteiger partial charge in [0.1, 0.15) is 17.6 Å². The molecule has 0 bridgehead atoms. The SMILES string of the molecule is COc1cccc2c1OC(CNCCCCc1ccc(OCCCCOc3ccccc3)cc1)CC2.Cl. The summed E-state index contributed by atoms with van der Waals surface area (Å²) in [5, 5.41) is 3.57. The number of unbranched alkanes of at least 4 members (excludes halogenated alkanes) is 2. The maximum atomic E-state index is 6.20. The molecule has 0 spiro atoms. The Kier molecular flexibility index (Phi) is 12.4. The molecular weight excluding hydrogens is 486 g/mol. The van der Waals surface area contributed by atoms with E-state index in [0.29, 0.717) is 6.61 Å². The Morgan fingerprint density at radius 1 is 0.811 bits per heavy atom. The third-order valence-corrected chi connectivity index (χ3v) is 6.48. The number of hydrogen-bond donors (Lipinski definition) is 1. The average molecular weight is 526 g/mol. The molecular formula is C31H40ClNO4. The van der Waals surface area contributed by atoms with Gasteiger partial charge in [-0.15, -0.1) is 12.4 Å². The van der Waals surface area contributed by atoms with Gasteiger partial charge < -0.3 is 24.3 Å². The monoisotopic (exact) mass is 525 g/mol. The van der Waals surface area contributed by atoms with Crippen molar-refractivity contribution in [3.63, 3.8) is 0 Å². The first-order valence-corrected chi connectivity index (χ1v) is 13.2. The van der Waals surface area contributed by atoms with E-state index in [1.165, 1.54) is 11.1 Å². The van der Waals surface area contributed by atoms with Crippen LogP contribution in [0.15, 0.2) is 72.8 Å². The highest BCUT2D eigenvalue weighted by Gasteiger charge is 2.22. The second-order valence-electron chi connectivity index (χ2n) is 9.25. The molecule has 0 saturated carbocycles. The summed E-state index contributed by atoms with van der Waals surface area (Å²) in [6, 6.07) is 24.6. The van der Waals surface area contributed by atoms with Crippen LogP contribution in [0.2, 0.25) is 0 Å². The molecule has 4 rings (SSSR count). The fraction of sp³-hybridized carbons (Fsp3) is 0.419. The van der Waals surface area contributed by atoms with Gasteiger partial charge in [0.25, 0.3) is 0 Å². The maximum absolute atomic E-state index is 6.20. The number of nitrogens with one attached hydrogen (secondary N) is 1. The smallest absolute Gasteiger partial charge is 0.164 e. The van der Waals surface area contributed by atoms with E-state index in [2.05, 4.69) is 35.6 Å². The maximum Gasteiger partial charge on any atom is 0.164 e. The van der Waals surface area contributed by atoms with Crippen LogP contribution in [-0.4, -0.2) is 39.5 Å². The zero-order chi connectivity index (χ0) is 24.8. The van der Waals surface area contributed by atoms with E-state index in [1.54, 1.807) is 7.11 Å². The van der Waals surface area contributed by atoms with E-state index in [1.807, 2.05) is 42.5 Å². The van der Waals surface area contributed by atoms with Crippen molar-refractivity contribution in [2.45, 2.75) is 51.0 Å².